The van der Waals surface area contributed by atoms with Crippen LogP contribution in [0.2, 0.25) is 0 Å². The van der Waals surface area contributed by atoms with Gasteiger partial charge in [0.05, 0.1) is 19.6 Å². The summed E-state index contributed by atoms with van der Waals surface area (Å²) in [7, 11) is 1.27. The maximum absolute atomic E-state index is 12.0. The lowest BCUT2D eigenvalue weighted by Crippen LogP contribution is -2.35. The minimum absolute atomic E-state index is 0.0360. The fourth-order valence-electron chi connectivity index (χ4n) is 2.33. The summed E-state index contributed by atoms with van der Waals surface area (Å²) in [5, 5.41) is 8.46. The van der Waals surface area contributed by atoms with Gasteiger partial charge in [0, 0.05) is 5.69 Å². The summed E-state index contributed by atoms with van der Waals surface area (Å²) in [6.45, 7) is 0.732. The van der Waals surface area contributed by atoms with Crippen LogP contribution in [0.5, 0.6) is 0 Å². The lowest BCUT2D eigenvalue weighted by Gasteiger charge is -2.11. The molecule has 124 valence electrons. The van der Waals surface area contributed by atoms with Crippen molar-refractivity contribution in [1.29, 1.82) is 0 Å². The van der Waals surface area contributed by atoms with E-state index in [0.29, 0.717) is 5.69 Å². The van der Waals surface area contributed by atoms with E-state index in [1.54, 1.807) is 24.3 Å². The second kappa shape index (κ2) is 8.28. The molecule has 1 aromatic carbocycles. The molecule has 1 atom stereocenters. The molecule has 2 rings (SSSR count). The van der Waals surface area contributed by atoms with Crippen LogP contribution in [0.1, 0.15) is 18.4 Å². The second-order valence-electron chi connectivity index (χ2n) is 5.36. The fourth-order valence-corrected chi connectivity index (χ4v) is 2.33. The van der Waals surface area contributed by atoms with Gasteiger partial charge in [-0.3, -0.25) is 14.4 Å². The summed E-state index contributed by atoms with van der Waals surface area (Å²) in [4.78, 5) is 34.6. The van der Waals surface area contributed by atoms with E-state index in [4.69, 9.17) is 0 Å². The van der Waals surface area contributed by atoms with E-state index < -0.39 is 5.97 Å². The quantitative estimate of drug-likeness (QED) is 0.651. The number of anilines is 1. The predicted molar refractivity (Wildman–Crippen MR) is 84.8 cm³/mol. The molecule has 0 spiro atoms. The smallest absolute Gasteiger partial charge is 0.325 e. The number of carbonyl (C=O) groups is 3. The SMILES string of the molecule is COC(=O)CNC(=O)Cc1ccc(NC(=O)C2CCCN2)cc1. The number of benzene rings is 1. The highest BCUT2D eigenvalue weighted by atomic mass is 16.5. The Labute approximate surface area is 134 Å². The van der Waals surface area contributed by atoms with E-state index in [-0.39, 0.29) is 30.8 Å². The molecule has 0 bridgehead atoms. The van der Waals surface area contributed by atoms with Gasteiger partial charge in [0.15, 0.2) is 0 Å². The van der Waals surface area contributed by atoms with Gasteiger partial charge in [-0.05, 0) is 37.1 Å². The Morgan fingerprint density at radius 2 is 2.00 bits per heavy atom. The van der Waals surface area contributed by atoms with Crippen molar-refractivity contribution >= 4 is 23.5 Å². The summed E-state index contributed by atoms with van der Waals surface area (Å²) < 4.78 is 4.45. The van der Waals surface area contributed by atoms with Crippen LogP contribution in [0.3, 0.4) is 0 Å². The van der Waals surface area contributed by atoms with E-state index >= 15 is 0 Å². The number of methoxy groups -OCH3 is 1. The van der Waals surface area contributed by atoms with Crippen molar-refractivity contribution in [3.63, 3.8) is 0 Å². The Morgan fingerprint density at radius 1 is 1.26 bits per heavy atom. The molecule has 0 aromatic heterocycles. The van der Waals surface area contributed by atoms with Crippen molar-refractivity contribution in [3.8, 4) is 0 Å². The van der Waals surface area contributed by atoms with E-state index in [9.17, 15) is 14.4 Å². The van der Waals surface area contributed by atoms with Crippen LogP contribution in [0.25, 0.3) is 0 Å². The molecule has 1 aliphatic heterocycles. The van der Waals surface area contributed by atoms with Crippen LogP contribution < -0.4 is 16.0 Å². The summed E-state index contributed by atoms with van der Waals surface area (Å²) in [5.74, 6) is -0.787. The number of ether oxygens (including phenoxy) is 1. The molecule has 1 unspecified atom stereocenters. The average molecular weight is 319 g/mol. The van der Waals surface area contributed by atoms with Gasteiger partial charge in [0.1, 0.15) is 6.54 Å². The maximum Gasteiger partial charge on any atom is 0.325 e. The van der Waals surface area contributed by atoms with Gasteiger partial charge < -0.3 is 20.7 Å². The second-order valence-corrected chi connectivity index (χ2v) is 5.36. The zero-order valence-electron chi connectivity index (χ0n) is 13.1. The molecule has 1 heterocycles. The number of esters is 1. The van der Waals surface area contributed by atoms with Crippen LogP contribution in [0.15, 0.2) is 24.3 Å². The van der Waals surface area contributed by atoms with E-state index in [1.807, 2.05) is 0 Å². The first-order valence-corrected chi connectivity index (χ1v) is 7.55. The molecule has 0 aliphatic carbocycles. The van der Waals surface area contributed by atoms with Crippen molar-refractivity contribution in [1.82, 2.24) is 10.6 Å². The first kappa shape index (κ1) is 17.0. The third-order valence-electron chi connectivity index (χ3n) is 3.62. The number of nitrogens with one attached hydrogen (secondary N) is 3. The monoisotopic (exact) mass is 319 g/mol. The largest absolute Gasteiger partial charge is 0.468 e. The molecule has 7 heteroatoms. The number of amides is 2. The molecule has 1 aliphatic rings. The van der Waals surface area contributed by atoms with E-state index in [1.165, 1.54) is 7.11 Å². The van der Waals surface area contributed by atoms with E-state index in [0.717, 1.165) is 24.9 Å². The molecule has 1 saturated heterocycles. The number of hydrogen-bond acceptors (Lipinski definition) is 5. The molecular weight excluding hydrogens is 298 g/mol. The van der Waals surface area contributed by atoms with Gasteiger partial charge in [-0.2, -0.15) is 0 Å². The highest BCUT2D eigenvalue weighted by Crippen LogP contribution is 2.13. The highest BCUT2D eigenvalue weighted by molar-refractivity contribution is 5.95. The van der Waals surface area contributed by atoms with E-state index in [2.05, 4.69) is 20.7 Å². The Kier molecular flexibility index (Phi) is 6.10. The first-order chi connectivity index (χ1) is 11.1. The average Bonchev–Trinajstić information content (AvgIpc) is 3.09. The Balaban J connectivity index is 1.80. The molecule has 2 amide bonds. The fraction of sp³-hybridized carbons (Fsp3) is 0.438. The Morgan fingerprint density at radius 3 is 2.61 bits per heavy atom. The summed E-state index contributed by atoms with van der Waals surface area (Å²) >= 11 is 0. The van der Waals surface area contributed by atoms with Crippen LogP contribution in [0, 0.1) is 0 Å². The molecule has 1 aromatic rings. The summed E-state index contributed by atoms with van der Waals surface area (Å²) in [6, 6.07) is 6.94. The minimum atomic E-state index is -0.489. The lowest BCUT2D eigenvalue weighted by atomic mass is 10.1. The summed E-state index contributed by atoms with van der Waals surface area (Å²) in [5.41, 5.74) is 1.49. The zero-order chi connectivity index (χ0) is 16.7. The van der Waals surface area contributed by atoms with Crippen LogP contribution in [-0.2, 0) is 25.5 Å². The number of carbonyl (C=O) groups excluding carboxylic acids is 3. The number of rotatable bonds is 6. The normalized spacial score (nSPS) is 16.7. The molecule has 7 nitrogen and oxygen atoms in total. The zero-order valence-corrected chi connectivity index (χ0v) is 13.1. The van der Waals surface area contributed by atoms with Gasteiger partial charge in [-0.25, -0.2) is 0 Å². The van der Waals surface area contributed by atoms with Gasteiger partial charge in [-0.15, -0.1) is 0 Å². The van der Waals surface area contributed by atoms with Crippen molar-refractivity contribution in [3.05, 3.63) is 29.8 Å². The lowest BCUT2D eigenvalue weighted by molar-refractivity contribution is -0.141. The maximum atomic E-state index is 12.0. The molecule has 1 fully saturated rings. The number of hydrogen-bond donors (Lipinski definition) is 3. The predicted octanol–water partition coefficient (Wildman–Crippen LogP) is 0.209. The van der Waals surface area contributed by atoms with Gasteiger partial charge >= 0.3 is 5.97 Å². The van der Waals surface area contributed by atoms with Crippen LogP contribution in [-0.4, -0.2) is 44.0 Å². The summed E-state index contributed by atoms with van der Waals surface area (Å²) in [6.07, 6.45) is 2.03. The first-order valence-electron chi connectivity index (χ1n) is 7.55. The molecule has 23 heavy (non-hydrogen) atoms. The minimum Gasteiger partial charge on any atom is -0.468 e. The third-order valence-corrected chi connectivity index (χ3v) is 3.62. The van der Waals surface area contributed by atoms with Crippen molar-refractivity contribution < 1.29 is 19.1 Å². The Bertz CT molecular complexity index is 565. The Hall–Kier alpha value is -2.41. The molecule has 0 radical (unpaired) electrons. The van der Waals surface area contributed by atoms with Crippen LogP contribution in [0.4, 0.5) is 5.69 Å². The molecule has 0 saturated carbocycles. The van der Waals surface area contributed by atoms with Crippen LogP contribution >= 0.6 is 0 Å². The molecular formula is C16H21N3O4. The van der Waals surface area contributed by atoms with Crippen molar-refractivity contribution in [2.45, 2.75) is 25.3 Å². The topological polar surface area (TPSA) is 96.5 Å². The van der Waals surface area contributed by atoms with Gasteiger partial charge in [0.25, 0.3) is 0 Å². The molecule has 3 N–H and O–H groups in total. The van der Waals surface area contributed by atoms with Crippen molar-refractivity contribution in [2.75, 3.05) is 25.5 Å². The third kappa shape index (κ3) is 5.37. The standard InChI is InChI=1S/C16H21N3O4/c1-23-15(21)10-18-14(20)9-11-4-6-12(7-5-11)19-16(22)13-3-2-8-17-13/h4-7,13,17H,2-3,8-10H2,1H3,(H,18,20)(H,19,22). The van der Waals surface area contributed by atoms with Gasteiger partial charge in [0.2, 0.25) is 11.8 Å². The van der Waals surface area contributed by atoms with Gasteiger partial charge in [-0.1, -0.05) is 12.1 Å². The highest BCUT2D eigenvalue weighted by Gasteiger charge is 2.21. The van der Waals surface area contributed by atoms with Crippen molar-refractivity contribution in [2.24, 2.45) is 0 Å².